The lowest BCUT2D eigenvalue weighted by Gasteiger charge is -2.24. The highest BCUT2D eigenvalue weighted by atomic mass is 19.1. The zero-order chi connectivity index (χ0) is 24.2. The topological polar surface area (TPSA) is 89.0 Å². The Labute approximate surface area is 196 Å². The fourth-order valence-corrected chi connectivity index (χ4v) is 3.92. The number of Topliss-reactive ketones (excluding diaryl/α,β-unsaturated/α-hetero) is 1. The minimum Gasteiger partial charge on any atom is -0.507 e. The number of ketones is 1. The maximum Gasteiger partial charge on any atom is 0.300 e. The second kappa shape index (κ2) is 9.74. The molecule has 1 amide bonds. The lowest BCUT2D eigenvalue weighted by Crippen LogP contribution is -2.29. The molecule has 8 heteroatoms. The van der Waals surface area contributed by atoms with Crippen LogP contribution in [0.3, 0.4) is 0 Å². The molecule has 1 aliphatic rings. The predicted octanol–water partition coefficient (Wildman–Crippen LogP) is 4.64. The number of anilines is 1. The number of aliphatic hydroxyl groups excluding tert-OH is 1. The average Bonchev–Trinajstić information content (AvgIpc) is 3.10. The van der Waals surface area contributed by atoms with Crippen LogP contribution in [0, 0.1) is 5.82 Å². The molecule has 3 aromatic rings. The van der Waals surface area contributed by atoms with Crippen molar-refractivity contribution in [2.75, 3.05) is 18.1 Å². The Kier molecular flexibility index (Phi) is 6.58. The lowest BCUT2D eigenvalue weighted by molar-refractivity contribution is -0.132. The molecule has 1 aromatic heterocycles. The van der Waals surface area contributed by atoms with Gasteiger partial charge in [-0.3, -0.25) is 19.5 Å². The summed E-state index contributed by atoms with van der Waals surface area (Å²) in [4.78, 5) is 31.8. The van der Waals surface area contributed by atoms with Gasteiger partial charge in [0, 0.05) is 18.0 Å². The van der Waals surface area contributed by atoms with Crippen LogP contribution in [0.4, 0.5) is 10.1 Å². The first-order valence-corrected chi connectivity index (χ1v) is 10.8. The largest absolute Gasteiger partial charge is 0.507 e. The molecule has 0 radical (unpaired) electrons. The molecule has 2 heterocycles. The molecule has 2 aromatic carbocycles. The first-order valence-electron chi connectivity index (χ1n) is 10.8. The number of rotatable bonds is 7. The monoisotopic (exact) mass is 462 g/mol. The standard InChI is InChI=1S/C26H23FN2O5/c1-3-33-18-11-12-19(21(15-18)34-4-2)24(30)22-23(20-10-5-6-13-28-20)29(26(32)25(22)31)17-9-7-8-16(27)14-17/h5-15,23,30H,3-4H2,1-2H3/b24-22-. The van der Waals surface area contributed by atoms with Crippen molar-refractivity contribution in [1.29, 1.82) is 0 Å². The number of carbonyl (C=O) groups excluding carboxylic acids is 2. The van der Waals surface area contributed by atoms with E-state index in [0.29, 0.717) is 30.4 Å². The number of carbonyl (C=O) groups is 2. The predicted molar refractivity (Wildman–Crippen MR) is 124 cm³/mol. The SMILES string of the molecule is CCOc1ccc(/C(O)=C2/C(=O)C(=O)N(c3cccc(F)c3)C2c2ccccn2)c(OCC)c1. The highest BCUT2D eigenvalue weighted by Crippen LogP contribution is 2.43. The molecule has 0 aliphatic carbocycles. The molecule has 0 saturated carbocycles. The number of benzene rings is 2. The van der Waals surface area contributed by atoms with E-state index in [1.807, 2.05) is 6.92 Å². The van der Waals surface area contributed by atoms with Crippen molar-refractivity contribution in [3.05, 3.63) is 89.5 Å². The Morgan fingerprint density at radius 3 is 2.50 bits per heavy atom. The van der Waals surface area contributed by atoms with Crippen LogP contribution in [-0.2, 0) is 9.59 Å². The summed E-state index contributed by atoms with van der Waals surface area (Å²) in [6, 6.07) is 14.1. The van der Waals surface area contributed by atoms with Crippen LogP contribution in [0.25, 0.3) is 5.76 Å². The Bertz CT molecular complexity index is 1260. The molecule has 174 valence electrons. The van der Waals surface area contributed by atoms with Gasteiger partial charge in [-0.05, 0) is 56.3 Å². The molecule has 1 unspecified atom stereocenters. The van der Waals surface area contributed by atoms with E-state index in [1.165, 1.54) is 24.4 Å². The van der Waals surface area contributed by atoms with Gasteiger partial charge in [0.05, 0.1) is 30.0 Å². The fraction of sp³-hybridized carbons (Fsp3) is 0.192. The molecule has 0 bridgehead atoms. The molecular weight excluding hydrogens is 439 g/mol. The molecule has 1 atom stereocenters. The quantitative estimate of drug-likeness (QED) is 0.313. The van der Waals surface area contributed by atoms with E-state index in [1.54, 1.807) is 43.3 Å². The van der Waals surface area contributed by atoms with Gasteiger partial charge >= 0.3 is 0 Å². The molecule has 1 N–H and O–H groups in total. The third kappa shape index (κ3) is 4.22. The summed E-state index contributed by atoms with van der Waals surface area (Å²) in [7, 11) is 0. The molecular formula is C26H23FN2O5. The average molecular weight is 462 g/mol. The van der Waals surface area contributed by atoms with Crippen molar-refractivity contribution in [3.63, 3.8) is 0 Å². The van der Waals surface area contributed by atoms with Crippen LogP contribution in [0.5, 0.6) is 11.5 Å². The smallest absolute Gasteiger partial charge is 0.300 e. The van der Waals surface area contributed by atoms with Gasteiger partial charge in [0.2, 0.25) is 0 Å². The van der Waals surface area contributed by atoms with E-state index in [4.69, 9.17) is 9.47 Å². The van der Waals surface area contributed by atoms with Crippen LogP contribution in [0.15, 0.2) is 72.4 Å². The maximum atomic E-state index is 14.0. The van der Waals surface area contributed by atoms with Crippen LogP contribution < -0.4 is 14.4 Å². The van der Waals surface area contributed by atoms with Crippen molar-refractivity contribution < 1.29 is 28.6 Å². The number of halogens is 1. The summed E-state index contributed by atoms with van der Waals surface area (Å²) in [5, 5.41) is 11.3. The number of hydrogen-bond donors (Lipinski definition) is 1. The minimum atomic E-state index is -1.07. The summed E-state index contributed by atoms with van der Waals surface area (Å²) < 4.78 is 25.2. The van der Waals surface area contributed by atoms with Gasteiger partial charge < -0.3 is 14.6 Å². The summed E-state index contributed by atoms with van der Waals surface area (Å²) in [5.41, 5.74) is 0.575. The van der Waals surface area contributed by atoms with E-state index in [-0.39, 0.29) is 16.8 Å². The molecule has 4 rings (SSSR count). The molecule has 34 heavy (non-hydrogen) atoms. The molecule has 1 fully saturated rings. The molecule has 0 spiro atoms. The van der Waals surface area contributed by atoms with Gasteiger partial charge in [0.25, 0.3) is 11.7 Å². The van der Waals surface area contributed by atoms with E-state index in [0.717, 1.165) is 11.0 Å². The van der Waals surface area contributed by atoms with Crippen molar-refractivity contribution in [1.82, 2.24) is 4.98 Å². The van der Waals surface area contributed by atoms with E-state index >= 15 is 0 Å². The Balaban J connectivity index is 1.93. The summed E-state index contributed by atoms with van der Waals surface area (Å²) in [5.74, 6) is -1.96. The first kappa shape index (κ1) is 23.0. The van der Waals surface area contributed by atoms with E-state index in [9.17, 15) is 19.1 Å². The van der Waals surface area contributed by atoms with Crippen molar-refractivity contribution in [3.8, 4) is 11.5 Å². The van der Waals surface area contributed by atoms with E-state index < -0.39 is 29.3 Å². The van der Waals surface area contributed by atoms with Gasteiger partial charge in [-0.25, -0.2) is 4.39 Å². The van der Waals surface area contributed by atoms with Gasteiger partial charge in [-0.1, -0.05) is 12.1 Å². The van der Waals surface area contributed by atoms with Crippen LogP contribution >= 0.6 is 0 Å². The highest BCUT2D eigenvalue weighted by molar-refractivity contribution is 6.51. The van der Waals surface area contributed by atoms with Crippen LogP contribution in [0.1, 0.15) is 31.1 Å². The number of hydrogen-bond acceptors (Lipinski definition) is 6. The van der Waals surface area contributed by atoms with Crippen molar-refractivity contribution in [2.24, 2.45) is 0 Å². The fourth-order valence-electron chi connectivity index (χ4n) is 3.92. The molecule has 7 nitrogen and oxygen atoms in total. The maximum absolute atomic E-state index is 14.0. The van der Waals surface area contributed by atoms with E-state index in [2.05, 4.69) is 4.98 Å². The summed E-state index contributed by atoms with van der Waals surface area (Å²) >= 11 is 0. The number of amides is 1. The molecule has 1 aliphatic heterocycles. The summed E-state index contributed by atoms with van der Waals surface area (Å²) in [6.45, 7) is 4.37. The minimum absolute atomic E-state index is 0.168. The zero-order valence-electron chi connectivity index (χ0n) is 18.7. The van der Waals surface area contributed by atoms with Gasteiger partial charge in [-0.15, -0.1) is 0 Å². The first-order chi connectivity index (χ1) is 16.5. The van der Waals surface area contributed by atoms with Crippen LogP contribution in [-0.4, -0.2) is 35.0 Å². The number of aromatic nitrogens is 1. The molecule has 1 saturated heterocycles. The number of nitrogens with zero attached hydrogens (tertiary/aromatic N) is 2. The number of pyridine rings is 1. The zero-order valence-corrected chi connectivity index (χ0v) is 18.7. The Hall–Kier alpha value is -4.20. The van der Waals surface area contributed by atoms with Gasteiger partial charge in [-0.2, -0.15) is 0 Å². The third-order valence-electron chi connectivity index (χ3n) is 5.32. The van der Waals surface area contributed by atoms with Gasteiger partial charge in [0.15, 0.2) is 0 Å². The van der Waals surface area contributed by atoms with Crippen molar-refractivity contribution in [2.45, 2.75) is 19.9 Å². The highest BCUT2D eigenvalue weighted by Gasteiger charge is 2.48. The lowest BCUT2D eigenvalue weighted by atomic mass is 9.97. The second-order valence-electron chi connectivity index (χ2n) is 7.43. The summed E-state index contributed by atoms with van der Waals surface area (Å²) in [6.07, 6.45) is 1.52. The number of aliphatic hydroxyl groups is 1. The van der Waals surface area contributed by atoms with Crippen molar-refractivity contribution >= 4 is 23.1 Å². The second-order valence-corrected chi connectivity index (χ2v) is 7.43. The number of ether oxygens (including phenoxy) is 2. The van der Waals surface area contributed by atoms with Gasteiger partial charge in [0.1, 0.15) is 29.1 Å². The normalized spacial score (nSPS) is 17.1. The third-order valence-corrected chi connectivity index (χ3v) is 5.32. The van der Waals surface area contributed by atoms with Crippen LogP contribution in [0.2, 0.25) is 0 Å². The Morgan fingerprint density at radius 2 is 1.82 bits per heavy atom. The Morgan fingerprint density at radius 1 is 1.03 bits per heavy atom.